The summed E-state index contributed by atoms with van der Waals surface area (Å²) in [5.41, 5.74) is 3.56. The summed E-state index contributed by atoms with van der Waals surface area (Å²) in [6.45, 7) is 2.34. The number of benzene rings is 1. The number of nitrogens with one attached hydrogen (secondary N) is 3. The zero-order valence-corrected chi connectivity index (χ0v) is 20.1. The number of hydrogen-bond donors (Lipinski definition) is 3. The molecule has 1 unspecified atom stereocenters. The summed E-state index contributed by atoms with van der Waals surface area (Å²) in [5, 5.41) is 12.0. The van der Waals surface area contributed by atoms with Gasteiger partial charge in [0.15, 0.2) is 6.10 Å². The molecular formula is C26H28FN5O4. The second kappa shape index (κ2) is 11.5. The standard InChI is InChI=1S/C26H28FN5O4/c1-16-11-18(9-10-29-16)31-26(34)30-14-19-13-20(36-32-19)15-35-24-6-4-3-5-21(24)17-7-8-22(23(27)12-17)25(33)28-2/h5-12,20H,3-4,13-15H2,1-2H3,(H,28,33)(H2,29,30,31,34). The number of allylic oxidation sites excluding steroid dienone is 3. The van der Waals surface area contributed by atoms with Gasteiger partial charge >= 0.3 is 6.03 Å². The van der Waals surface area contributed by atoms with Crippen molar-refractivity contribution in [2.45, 2.75) is 32.3 Å². The fourth-order valence-electron chi connectivity index (χ4n) is 3.89. The van der Waals surface area contributed by atoms with Crippen LogP contribution in [-0.2, 0) is 9.57 Å². The summed E-state index contributed by atoms with van der Waals surface area (Å²) in [7, 11) is 1.46. The maximum atomic E-state index is 14.5. The highest BCUT2D eigenvalue weighted by atomic mass is 19.1. The van der Waals surface area contributed by atoms with Crippen molar-refractivity contribution in [1.29, 1.82) is 0 Å². The number of hydrogen-bond acceptors (Lipinski definition) is 6. The van der Waals surface area contributed by atoms with Gasteiger partial charge in [-0.2, -0.15) is 0 Å². The number of aromatic nitrogens is 1. The van der Waals surface area contributed by atoms with Gasteiger partial charge < -0.3 is 25.5 Å². The highest BCUT2D eigenvalue weighted by Gasteiger charge is 2.24. The van der Waals surface area contributed by atoms with E-state index in [2.05, 4.69) is 26.1 Å². The van der Waals surface area contributed by atoms with Crippen molar-refractivity contribution >= 4 is 28.9 Å². The number of amides is 3. The molecular weight excluding hydrogens is 465 g/mol. The van der Waals surface area contributed by atoms with Gasteiger partial charge in [-0.1, -0.05) is 17.3 Å². The Bertz CT molecular complexity index is 1240. The van der Waals surface area contributed by atoms with Gasteiger partial charge in [0, 0.05) is 36.6 Å². The molecule has 3 amide bonds. The molecule has 0 saturated heterocycles. The molecule has 1 aliphatic heterocycles. The fourth-order valence-corrected chi connectivity index (χ4v) is 3.89. The Labute approximate surface area is 208 Å². The van der Waals surface area contributed by atoms with Crippen LogP contribution in [0, 0.1) is 12.7 Å². The molecule has 4 rings (SSSR count). The van der Waals surface area contributed by atoms with Crippen molar-refractivity contribution in [2.75, 3.05) is 25.5 Å². The Morgan fingerprint density at radius 1 is 1.19 bits per heavy atom. The molecule has 188 valence electrons. The van der Waals surface area contributed by atoms with Gasteiger partial charge in [-0.15, -0.1) is 0 Å². The summed E-state index contributed by atoms with van der Waals surface area (Å²) in [6, 6.07) is 7.66. The van der Waals surface area contributed by atoms with E-state index in [9.17, 15) is 14.0 Å². The minimum absolute atomic E-state index is 0.00803. The summed E-state index contributed by atoms with van der Waals surface area (Å²) in [6.07, 6.45) is 7.41. The molecule has 0 radical (unpaired) electrons. The Hall–Kier alpha value is -4.21. The van der Waals surface area contributed by atoms with Gasteiger partial charge in [0.25, 0.3) is 5.91 Å². The summed E-state index contributed by atoms with van der Waals surface area (Å²) < 4.78 is 20.5. The summed E-state index contributed by atoms with van der Waals surface area (Å²) in [4.78, 5) is 33.5. The Kier molecular flexibility index (Phi) is 7.94. The Morgan fingerprint density at radius 2 is 2.03 bits per heavy atom. The average molecular weight is 494 g/mol. The largest absolute Gasteiger partial charge is 0.489 e. The molecule has 2 heterocycles. The fraction of sp³-hybridized carbons (Fsp3) is 0.308. The molecule has 2 aliphatic rings. The summed E-state index contributed by atoms with van der Waals surface area (Å²) in [5.74, 6) is -0.432. The second-order valence-electron chi connectivity index (χ2n) is 8.43. The topological polar surface area (TPSA) is 114 Å². The smallest absolute Gasteiger partial charge is 0.319 e. The zero-order chi connectivity index (χ0) is 25.5. The number of rotatable bonds is 8. The van der Waals surface area contributed by atoms with Crippen LogP contribution in [0.25, 0.3) is 5.57 Å². The number of carbonyl (C=O) groups is 2. The molecule has 0 fully saturated rings. The van der Waals surface area contributed by atoms with Crippen LogP contribution in [0.5, 0.6) is 0 Å². The quantitative estimate of drug-likeness (QED) is 0.516. The lowest BCUT2D eigenvalue weighted by molar-refractivity contribution is 0.0283. The first-order valence-electron chi connectivity index (χ1n) is 11.7. The predicted molar refractivity (Wildman–Crippen MR) is 134 cm³/mol. The number of nitrogens with zero attached hydrogens (tertiary/aromatic N) is 2. The molecule has 1 aliphatic carbocycles. The SMILES string of the molecule is CNC(=O)c1ccc(C2=CCCC=C2OCC2CC(CNC(=O)Nc3ccnc(C)c3)=NO2)cc1F. The van der Waals surface area contributed by atoms with E-state index in [4.69, 9.17) is 9.57 Å². The molecule has 3 N–H and O–H groups in total. The lowest BCUT2D eigenvalue weighted by Gasteiger charge is -2.19. The number of ether oxygens (including phenoxy) is 1. The third kappa shape index (κ3) is 6.26. The minimum Gasteiger partial charge on any atom is -0.489 e. The van der Waals surface area contributed by atoms with Crippen LogP contribution in [0.3, 0.4) is 0 Å². The van der Waals surface area contributed by atoms with Gasteiger partial charge in [-0.3, -0.25) is 9.78 Å². The van der Waals surface area contributed by atoms with Gasteiger partial charge in [0.2, 0.25) is 0 Å². The van der Waals surface area contributed by atoms with Crippen LogP contribution in [0.4, 0.5) is 14.9 Å². The molecule has 0 saturated carbocycles. The molecule has 0 bridgehead atoms. The molecule has 36 heavy (non-hydrogen) atoms. The normalized spacial score (nSPS) is 16.8. The van der Waals surface area contributed by atoms with Crippen molar-refractivity contribution in [2.24, 2.45) is 5.16 Å². The minimum atomic E-state index is -0.592. The third-order valence-corrected chi connectivity index (χ3v) is 5.69. The highest BCUT2D eigenvalue weighted by molar-refractivity contribution is 5.95. The van der Waals surface area contributed by atoms with Gasteiger partial charge in [-0.25, -0.2) is 9.18 Å². The number of urea groups is 1. The van der Waals surface area contributed by atoms with Crippen molar-refractivity contribution in [3.8, 4) is 0 Å². The lowest BCUT2D eigenvalue weighted by Crippen LogP contribution is -2.33. The van der Waals surface area contributed by atoms with Crippen LogP contribution in [0.1, 0.15) is 40.9 Å². The predicted octanol–water partition coefficient (Wildman–Crippen LogP) is 3.93. The molecule has 2 aromatic rings. The maximum Gasteiger partial charge on any atom is 0.319 e. The first-order valence-corrected chi connectivity index (χ1v) is 11.7. The molecule has 1 aromatic carbocycles. The highest BCUT2D eigenvalue weighted by Crippen LogP contribution is 2.30. The van der Waals surface area contributed by atoms with E-state index in [-0.39, 0.29) is 30.9 Å². The third-order valence-electron chi connectivity index (χ3n) is 5.69. The lowest BCUT2D eigenvalue weighted by atomic mass is 9.96. The second-order valence-corrected chi connectivity index (χ2v) is 8.43. The Balaban J connectivity index is 1.26. The number of pyridine rings is 1. The number of aryl methyl sites for hydroxylation is 1. The first kappa shape index (κ1) is 24.9. The van der Waals surface area contributed by atoms with Crippen LogP contribution in [-0.4, -0.2) is 48.9 Å². The molecule has 0 spiro atoms. The van der Waals surface area contributed by atoms with Crippen LogP contribution in [0.2, 0.25) is 0 Å². The van der Waals surface area contributed by atoms with Crippen molar-refractivity contribution in [1.82, 2.24) is 15.6 Å². The molecule has 1 atom stereocenters. The molecule has 9 nitrogen and oxygen atoms in total. The van der Waals surface area contributed by atoms with E-state index >= 15 is 0 Å². The Morgan fingerprint density at radius 3 is 2.81 bits per heavy atom. The van der Waals surface area contributed by atoms with Crippen molar-refractivity contribution in [3.05, 3.63) is 77.1 Å². The van der Waals surface area contributed by atoms with Crippen LogP contribution < -0.4 is 16.0 Å². The summed E-state index contributed by atoms with van der Waals surface area (Å²) >= 11 is 0. The number of oxime groups is 1. The zero-order valence-electron chi connectivity index (χ0n) is 20.1. The monoisotopic (exact) mass is 493 g/mol. The van der Waals surface area contributed by atoms with E-state index in [1.807, 2.05) is 19.1 Å². The molecule has 10 heteroatoms. The van der Waals surface area contributed by atoms with E-state index in [0.29, 0.717) is 29.1 Å². The number of carbonyl (C=O) groups excluding carboxylic acids is 2. The number of anilines is 1. The van der Waals surface area contributed by atoms with Gasteiger partial charge in [0.1, 0.15) is 18.2 Å². The average Bonchev–Trinajstić information content (AvgIpc) is 3.34. The van der Waals surface area contributed by atoms with Crippen molar-refractivity contribution < 1.29 is 23.6 Å². The van der Waals surface area contributed by atoms with Crippen LogP contribution in [0.15, 0.2) is 59.6 Å². The van der Waals surface area contributed by atoms with E-state index < -0.39 is 11.7 Å². The maximum absolute atomic E-state index is 14.5. The molecule has 1 aromatic heterocycles. The van der Waals surface area contributed by atoms with E-state index in [1.165, 1.54) is 19.2 Å². The first-order chi connectivity index (χ1) is 17.4. The van der Waals surface area contributed by atoms with Crippen LogP contribution >= 0.6 is 0 Å². The van der Waals surface area contributed by atoms with Gasteiger partial charge in [0.05, 0.1) is 17.8 Å². The van der Waals surface area contributed by atoms with E-state index in [0.717, 1.165) is 24.1 Å². The van der Waals surface area contributed by atoms with Crippen molar-refractivity contribution in [3.63, 3.8) is 0 Å². The number of halogens is 1. The van der Waals surface area contributed by atoms with E-state index in [1.54, 1.807) is 24.4 Å². The van der Waals surface area contributed by atoms with Gasteiger partial charge in [-0.05, 0) is 55.7 Å².